The van der Waals surface area contributed by atoms with Gasteiger partial charge < -0.3 is 4.74 Å². The van der Waals surface area contributed by atoms with Crippen LogP contribution in [-0.4, -0.2) is 31.5 Å². The monoisotopic (exact) mass is 462 g/mol. The first-order chi connectivity index (χ1) is 14.4. The van der Waals surface area contributed by atoms with Gasteiger partial charge in [-0.2, -0.15) is 13.2 Å². The molecule has 2 N–H and O–H groups in total. The second kappa shape index (κ2) is 10.2. The molecule has 31 heavy (non-hydrogen) atoms. The summed E-state index contributed by atoms with van der Waals surface area (Å²) in [4.78, 5) is 15.8. The van der Waals surface area contributed by atoms with Crippen LogP contribution in [0.15, 0.2) is 30.3 Å². The van der Waals surface area contributed by atoms with E-state index in [0.29, 0.717) is 11.1 Å². The minimum Gasteiger partial charge on any atom is -0.478 e. The highest BCUT2D eigenvalue weighted by Gasteiger charge is 2.33. The van der Waals surface area contributed by atoms with E-state index in [4.69, 9.17) is 9.88 Å². The fourth-order valence-electron chi connectivity index (χ4n) is 2.83. The Bertz CT molecular complexity index is 1040. The number of alkyl halides is 3. The first-order valence-electron chi connectivity index (χ1n) is 9.38. The van der Waals surface area contributed by atoms with Crippen LogP contribution in [-0.2, 0) is 40.3 Å². The molecule has 2 rings (SSSR count). The molecule has 0 spiro atoms. The van der Waals surface area contributed by atoms with Gasteiger partial charge >= 0.3 is 6.18 Å². The van der Waals surface area contributed by atoms with Crippen LogP contribution < -0.4 is 9.88 Å². The van der Waals surface area contributed by atoms with Crippen LogP contribution >= 0.6 is 0 Å². The van der Waals surface area contributed by atoms with E-state index in [1.165, 1.54) is 18.2 Å². The molecule has 0 unspecified atom stereocenters. The van der Waals surface area contributed by atoms with E-state index in [0.717, 1.165) is 12.1 Å². The molecule has 0 bridgehead atoms. The van der Waals surface area contributed by atoms with Gasteiger partial charge in [-0.05, 0) is 43.0 Å². The van der Waals surface area contributed by atoms with Crippen molar-refractivity contribution in [3.05, 3.63) is 58.5 Å². The van der Waals surface area contributed by atoms with Gasteiger partial charge in [0.05, 0.1) is 12.4 Å². The van der Waals surface area contributed by atoms with E-state index < -0.39 is 33.5 Å². The summed E-state index contributed by atoms with van der Waals surface area (Å²) in [6.45, 7) is 1.73. The highest BCUT2D eigenvalue weighted by Crippen LogP contribution is 2.30. The van der Waals surface area contributed by atoms with E-state index in [-0.39, 0.29) is 49.5 Å². The Hall–Kier alpha value is -2.53. The van der Waals surface area contributed by atoms with Gasteiger partial charge in [0.2, 0.25) is 15.9 Å². The van der Waals surface area contributed by atoms with Crippen LogP contribution in [0.25, 0.3) is 0 Å². The van der Waals surface area contributed by atoms with Crippen molar-refractivity contribution in [3.8, 4) is 5.88 Å². The number of hydrogen-bond acceptors (Lipinski definition) is 5. The molecule has 0 aliphatic rings. The summed E-state index contributed by atoms with van der Waals surface area (Å²) in [5, 5.41) is 4.91. The van der Waals surface area contributed by atoms with Gasteiger partial charge in [-0.15, -0.1) is 0 Å². The van der Waals surface area contributed by atoms with Crippen molar-refractivity contribution in [3.63, 3.8) is 0 Å². The summed E-state index contributed by atoms with van der Waals surface area (Å²) in [6, 6.07) is 6.13. The second-order valence-electron chi connectivity index (χ2n) is 6.85. The number of pyridine rings is 1. The van der Waals surface area contributed by atoms with Crippen molar-refractivity contribution in [2.75, 3.05) is 12.4 Å². The molecule has 1 aromatic heterocycles. The fraction of sp³-hybridized carbons (Fsp3) is 0.400. The lowest BCUT2D eigenvalue weighted by molar-refractivity contribution is -0.141. The predicted molar refractivity (Wildman–Crippen MR) is 106 cm³/mol. The Morgan fingerprint density at radius 3 is 2.39 bits per heavy atom. The fourth-order valence-corrected chi connectivity index (χ4v) is 3.33. The third-order valence-corrected chi connectivity index (χ3v) is 5.13. The van der Waals surface area contributed by atoms with Crippen molar-refractivity contribution in [2.24, 2.45) is 5.14 Å². The largest absolute Gasteiger partial charge is 0.478 e. The van der Waals surface area contributed by atoms with E-state index in [2.05, 4.69) is 4.98 Å². The van der Waals surface area contributed by atoms with Gasteiger partial charge in [0, 0.05) is 18.4 Å². The minimum atomic E-state index is -4.61. The zero-order valence-electron chi connectivity index (χ0n) is 16.7. The quantitative estimate of drug-likeness (QED) is 0.547. The maximum atomic E-state index is 14.1. The number of nitrogens with two attached hydrogens (primary N) is 1. The summed E-state index contributed by atoms with van der Waals surface area (Å²) in [7, 11) is -3.72. The number of carbonyl (C=O) groups is 1. The number of aryl methyl sites for hydroxylation is 2. The lowest BCUT2D eigenvalue weighted by Crippen LogP contribution is -2.18. The Kier molecular flexibility index (Phi) is 8.13. The van der Waals surface area contributed by atoms with Gasteiger partial charge in [-0.3, -0.25) is 4.79 Å². The molecular formula is C20H22F4N2O4S. The maximum absolute atomic E-state index is 14.1. The second-order valence-corrected chi connectivity index (χ2v) is 8.58. The van der Waals surface area contributed by atoms with E-state index in [9.17, 15) is 30.8 Å². The number of carbonyl (C=O) groups excluding carboxylic acids is 1. The van der Waals surface area contributed by atoms with Crippen LogP contribution in [0.1, 0.15) is 35.7 Å². The molecule has 0 aliphatic heterocycles. The number of ketones is 1. The Labute approximate surface area is 177 Å². The van der Waals surface area contributed by atoms with Crippen molar-refractivity contribution < 1.29 is 35.5 Å². The molecule has 0 fully saturated rings. The van der Waals surface area contributed by atoms with Gasteiger partial charge in [-0.1, -0.05) is 18.2 Å². The molecule has 0 aliphatic carbocycles. The number of primary sulfonamides is 1. The highest BCUT2D eigenvalue weighted by molar-refractivity contribution is 7.89. The topological polar surface area (TPSA) is 99.3 Å². The van der Waals surface area contributed by atoms with Gasteiger partial charge in [0.1, 0.15) is 17.3 Å². The van der Waals surface area contributed by atoms with Crippen molar-refractivity contribution in [1.29, 1.82) is 0 Å². The molecule has 11 heteroatoms. The first kappa shape index (κ1) is 24.7. The Morgan fingerprint density at radius 2 is 1.81 bits per heavy atom. The number of rotatable bonds is 10. The minimum absolute atomic E-state index is 0.00189. The number of benzene rings is 1. The average Bonchev–Trinajstić information content (AvgIpc) is 2.65. The third kappa shape index (κ3) is 7.91. The number of ether oxygens (including phenoxy) is 1. The molecular weight excluding hydrogens is 440 g/mol. The molecule has 0 amide bonds. The molecule has 0 radical (unpaired) electrons. The van der Waals surface area contributed by atoms with Crippen molar-refractivity contribution in [2.45, 2.75) is 38.8 Å². The lowest BCUT2D eigenvalue weighted by Gasteiger charge is -2.12. The van der Waals surface area contributed by atoms with Crippen LogP contribution in [0.5, 0.6) is 5.88 Å². The molecule has 0 saturated heterocycles. The third-order valence-electron chi connectivity index (χ3n) is 4.36. The molecule has 0 saturated carbocycles. The van der Waals surface area contributed by atoms with Crippen LogP contribution in [0.2, 0.25) is 0 Å². The number of hydrogen-bond donors (Lipinski definition) is 1. The molecule has 0 atom stereocenters. The zero-order chi connectivity index (χ0) is 23.2. The van der Waals surface area contributed by atoms with Crippen molar-refractivity contribution >= 4 is 15.8 Å². The highest BCUT2D eigenvalue weighted by atomic mass is 32.2. The number of sulfonamides is 1. The SMILES string of the molecule is CCOc1nc(C(F)(F)F)ccc1CCC(=O)Cc1ccc(CCS(N)(=O)=O)c(F)c1. The standard InChI is InChI=1S/C20H22F4N2O4S/c1-2-30-19-15(6-8-18(26-19)20(22,23)24)5-7-16(27)11-13-3-4-14(17(21)12-13)9-10-31(25,28)29/h3-4,6,8,12H,2,5,7,9-11H2,1H3,(H2,25,28,29). The first-order valence-corrected chi connectivity index (χ1v) is 11.1. The number of nitrogens with zero attached hydrogens (tertiary/aromatic N) is 1. The predicted octanol–water partition coefficient (Wildman–Crippen LogP) is 3.21. The van der Waals surface area contributed by atoms with Crippen LogP contribution in [0.4, 0.5) is 17.6 Å². The van der Waals surface area contributed by atoms with Gasteiger partial charge in [-0.25, -0.2) is 22.9 Å². The summed E-state index contributed by atoms with van der Waals surface area (Å²) in [5.74, 6) is -1.46. The maximum Gasteiger partial charge on any atom is 0.433 e. The summed E-state index contributed by atoms with van der Waals surface area (Å²) in [6.07, 6.45) is -4.65. The summed E-state index contributed by atoms with van der Waals surface area (Å²) in [5.41, 5.74) is -0.142. The number of halogens is 4. The molecule has 170 valence electrons. The van der Waals surface area contributed by atoms with E-state index in [1.54, 1.807) is 6.92 Å². The molecule has 1 aromatic carbocycles. The van der Waals surface area contributed by atoms with Crippen LogP contribution in [0.3, 0.4) is 0 Å². The van der Waals surface area contributed by atoms with E-state index >= 15 is 0 Å². The number of Topliss-reactive ketones (excluding diaryl/α,β-unsaturated/α-hetero) is 1. The van der Waals surface area contributed by atoms with Gasteiger partial charge in [0.15, 0.2) is 0 Å². The van der Waals surface area contributed by atoms with E-state index in [1.807, 2.05) is 0 Å². The lowest BCUT2D eigenvalue weighted by atomic mass is 10.0. The summed E-state index contributed by atoms with van der Waals surface area (Å²) < 4.78 is 79.8. The van der Waals surface area contributed by atoms with Crippen LogP contribution in [0, 0.1) is 5.82 Å². The number of aromatic nitrogens is 1. The summed E-state index contributed by atoms with van der Waals surface area (Å²) >= 11 is 0. The Morgan fingerprint density at radius 1 is 1.13 bits per heavy atom. The Balaban J connectivity index is 2.01. The average molecular weight is 462 g/mol. The van der Waals surface area contributed by atoms with Gasteiger partial charge in [0.25, 0.3) is 0 Å². The molecule has 2 aromatic rings. The molecule has 6 nitrogen and oxygen atoms in total. The smallest absolute Gasteiger partial charge is 0.433 e. The molecule has 1 heterocycles. The normalized spacial score (nSPS) is 12.1. The zero-order valence-corrected chi connectivity index (χ0v) is 17.5. The van der Waals surface area contributed by atoms with Crippen molar-refractivity contribution in [1.82, 2.24) is 4.98 Å².